The third kappa shape index (κ3) is 1.73. The minimum atomic E-state index is 0.290. The molecule has 1 N–H and O–H groups in total. The number of aromatic nitrogens is 2. The van der Waals surface area contributed by atoms with Gasteiger partial charge in [-0.15, -0.1) is 0 Å². The summed E-state index contributed by atoms with van der Waals surface area (Å²) < 4.78 is 1.48. The number of hydrogen-bond donors (Lipinski definition) is 1. The van der Waals surface area contributed by atoms with Crippen molar-refractivity contribution in [3.8, 4) is 5.88 Å². The predicted molar refractivity (Wildman–Crippen MR) is 43.4 cm³/mol. The average Bonchev–Trinajstić information content (AvgIpc) is 2.18. The summed E-state index contributed by atoms with van der Waals surface area (Å²) in [4.78, 5) is 0. The number of nitrogens with zero attached hydrogens (tertiary/aromatic N) is 2. The van der Waals surface area contributed by atoms with Crippen molar-refractivity contribution in [1.29, 1.82) is 0 Å². The summed E-state index contributed by atoms with van der Waals surface area (Å²) in [7, 11) is 1.74. The third-order valence-electron chi connectivity index (χ3n) is 1.61. The fraction of sp³-hybridized carbons (Fsp3) is 0.625. The van der Waals surface area contributed by atoms with Crippen molar-refractivity contribution in [2.75, 3.05) is 0 Å². The quantitative estimate of drug-likeness (QED) is 0.697. The van der Waals surface area contributed by atoms with Crippen molar-refractivity contribution in [2.45, 2.75) is 20.3 Å². The van der Waals surface area contributed by atoms with E-state index in [1.54, 1.807) is 13.2 Å². The highest BCUT2D eigenvalue weighted by Gasteiger charge is 2.07. The van der Waals surface area contributed by atoms with E-state index >= 15 is 0 Å². The fourth-order valence-electron chi connectivity index (χ4n) is 1.06. The maximum absolute atomic E-state index is 9.39. The fourth-order valence-corrected chi connectivity index (χ4v) is 1.06. The molecular formula is C8H14N2O. The second-order valence-electron chi connectivity index (χ2n) is 3.21. The SMILES string of the molecule is CC(C)Cc1cnn(C)c1O. The highest BCUT2D eigenvalue weighted by Crippen LogP contribution is 2.17. The molecule has 0 aliphatic heterocycles. The zero-order valence-corrected chi connectivity index (χ0v) is 7.20. The Bertz CT molecular complexity index is 240. The summed E-state index contributed by atoms with van der Waals surface area (Å²) in [6, 6.07) is 0. The largest absolute Gasteiger partial charge is 0.493 e. The first-order valence-corrected chi connectivity index (χ1v) is 3.81. The summed E-state index contributed by atoms with van der Waals surface area (Å²) in [5.41, 5.74) is 0.933. The molecule has 0 spiro atoms. The van der Waals surface area contributed by atoms with Gasteiger partial charge in [0.2, 0.25) is 5.88 Å². The molecule has 3 nitrogen and oxygen atoms in total. The van der Waals surface area contributed by atoms with E-state index in [0.717, 1.165) is 12.0 Å². The molecule has 3 heteroatoms. The average molecular weight is 154 g/mol. The van der Waals surface area contributed by atoms with E-state index in [0.29, 0.717) is 11.8 Å². The van der Waals surface area contributed by atoms with Gasteiger partial charge in [-0.1, -0.05) is 13.8 Å². The highest BCUT2D eigenvalue weighted by atomic mass is 16.3. The van der Waals surface area contributed by atoms with Crippen LogP contribution in [0.3, 0.4) is 0 Å². The van der Waals surface area contributed by atoms with Gasteiger partial charge in [-0.25, -0.2) is 4.68 Å². The lowest BCUT2D eigenvalue weighted by Crippen LogP contribution is -1.93. The number of aromatic hydroxyl groups is 1. The standard InChI is InChI=1S/C8H14N2O/c1-6(2)4-7-5-9-10(3)8(7)11/h5-6,11H,4H2,1-3H3. The zero-order chi connectivity index (χ0) is 8.43. The first-order chi connectivity index (χ1) is 5.11. The van der Waals surface area contributed by atoms with Crippen LogP contribution in [0.25, 0.3) is 0 Å². The van der Waals surface area contributed by atoms with E-state index in [-0.39, 0.29) is 0 Å². The molecule has 0 amide bonds. The van der Waals surface area contributed by atoms with Gasteiger partial charge in [0.05, 0.1) is 6.20 Å². The van der Waals surface area contributed by atoms with Gasteiger partial charge in [-0.05, 0) is 12.3 Å². The van der Waals surface area contributed by atoms with Crippen molar-refractivity contribution < 1.29 is 5.11 Å². The molecule has 0 aliphatic carbocycles. The van der Waals surface area contributed by atoms with Gasteiger partial charge in [0.25, 0.3) is 0 Å². The Hall–Kier alpha value is -0.990. The van der Waals surface area contributed by atoms with Crippen LogP contribution < -0.4 is 0 Å². The molecule has 0 aliphatic rings. The van der Waals surface area contributed by atoms with E-state index in [1.807, 2.05) is 0 Å². The van der Waals surface area contributed by atoms with Crippen LogP contribution in [0.1, 0.15) is 19.4 Å². The molecule has 1 aromatic rings. The molecule has 0 unspecified atom stereocenters. The molecule has 11 heavy (non-hydrogen) atoms. The molecule has 0 saturated heterocycles. The molecule has 1 rings (SSSR count). The number of aryl methyl sites for hydroxylation is 1. The van der Waals surface area contributed by atoms with Crippen LogP contribution in [0.2, 0.25) is 0 Å². The molecule has 0 radical (unpaired) electrons. The first kappa shape index (κ1) is 8.11. The van der Waals surface area contributed by atoms with Gasteiger partial charge in [0.15, 0.2) is 0 Å². The van der Waals surface area contributed by atoms with E-state index < -0.39 is 0 Å². The zero-order valence-electron chi connectivity index (χ0n) is 7.20. The Morgan fingerprint density at radius 2 is 2.27 bits per heavy atom. The Morgan fingerprint density at radius 3 is 2.64 bits per heavy atom. The van der Waals surface area contributed by atoms with E-state index in [1.165, 1.54) is 4.68 Å². The number of rotatable bonds is 2. The van der Waals surface area contributed by atoms with Gasteiger partial charge in [0.1, 0.15) is 0 Å². The van der Waals surface area contributed by atoms with Crippen molar-refractivity contribution in [3.63, 3.8) is 0 Å². The third-order valence-corrected chi connectivity index (χ3v) is 1.61. The summed E-state index contributed by atoms with van der Waals surface area (Å²) in [5, 5.41) is 13.3. The molecule has 1 heterocycles. The monoisotopic (exact) mass is 154 g/mol. The minimum absolute atomic E-state index is 0.290. The summed E-state index contributed by atoms with van der Waals surface area (Å²) >= 11 is 0. The maximum Gasteiger partial charge on any atom is 0.212 e. The van der Waals surface area contributed by atoms with Crippen LogP contribution in [0.5, 0.6) is 5.88 Å². The summed E-state index contributed by atoms with van der Waals surface area (Å²) in [6.45, 7) is 4.24. The van der Waals surface area contributed by atoms with Crippen molar-refractivity contribution in [1.82, 2.24) is 9.78 Å². The molecule has 1 aromatic heterocycles. The molecular weight excluding hydrogens is 140 g/mol. The van der Waals surface area contributed by atoms with Crippen LogP contribution >= 0.6 is 0 Å². The van der Waals surface area contributed by atoms with Gasteiger partial charge in [-0.3, -0.25) is 0 Å². The Labute approximate surface area is 66.7 Å². The van der Waals surface area contributed by atoms with Crippen molar-refractivity contribution in [3.05, 3.63) is 11.8 Å². The van der Waals surface area contributed by atoms with E-state index in [4.69, 9.17) is 0 Å². The maximum atomic E-state index is 9.39. The topological polar surface area (TPSA) is 38.0 Å². The lowest BCUT2D eigenvalue weighted by atomic mass is 10.1. The van der Waals surface area contributed by atoms with Crippen LogP contribution in [0, 0.1) is 5.92 Å². The second kappa shape index (κ2) is 2.95. The Morgan fingerprint density at radius 1 is 1.64 bits per heavy atom. The van der Waals surface area contributed by atoms with Gasteiger partial charge < -0.3 is 5.11 Å². The number of hydrogen-bond acceptors (Lipinski definition) is 2. The van der Waals surface area contributed by atoms with Crippen LogP contribution in [-0.2, 0) is 13.5 Å². The molecule has 0 fully saturated rings. The summed E-state index contributed by atoms with van der Waals surface area (Å²) in [6.07, 6.45) is 2.61. The highest BCUT2D eigenvalue weighted by molar-refractivity contribution is 5.22. The summed E-state index contributed by atoms with van der Waals surface area (Å²) in [5.74, 6) is 0.851. The van der Waals surface area contributed by atoms with Gasteiger partial charge in [0, 0.05) is 12.6 Å². The van der Waals surface area contributed by atoms with Crippen LogP contribution in [-0.4, -0.2) is 14.9 Å². The molecule has 62 valence electrons. The van der Waals surface area contributed by atoms with Crippen LogP contribution in [0.15, 0.2) is 6.20 Å². The van der Waals surface area contributed by atoms with E-state index in [9.17, 15) is 5.11 Å². The molecule has 0 atom stereocenters. The van der Waals surface area contributed by atoms with Crippen molar-refractivity contribution >= 4 is 0 Å². The molecule has 0 bridgehead atoms. The molecule has 0 aromatic carbocycles. The minimum Gasteiger partial charge on any atom is -0.493 e. The van der Waals surface area contributed by atoms with E-state index in [2.05, 4.69) is 18.9 Å². The normalized spacial score (nSPS) is 10.9. The lowest BCUT2D eigenvalue weighted by molar-refractivity contribution is 0.411. The molecule has 0 saturated carbocycles. The smallest absolute Gasteiger partial charge is 0.212 e. The van der Waals surface area contributed by atoms with Crippen molar-refractivity contribution in [2.24, 2.45) is 13.0 Å². The van der Waals surface area contributed by atoms with Gasteiger partial charge in [-0.2, -0.15) is 5.10 Å². The van der Waals surface area contributed by atoms with Gasteiger partial charge >= 0.3 is 0 Å². The second-order valence-corrected chi connectivity index (χ2v) is 3.21. The Kier molecular flexibility index (Phi) is 2.17. The van der Waals surface area contributed by atoms with Crippen LogP contribution in [0.4, 0.5) is 0 Å². The first-order valence-electron chi connectivity index (χ1n) is 3.81. The Balaban J connectivity index is 2.79. The lowest BCUT2D eigenvalue weighted by Gasteiger charge is -2.01. The predicted octanol–water partition coefficient (Wildman–Crippen LogP) is 1.32.